The van der Waals surface area contributed by atoms with Gasteiger partial charge in [0.05, 0.1) is 27.8 Å². The number of rotatable bonds is 4. The zero-order valence-electron chi connectivity index (χ0n) is 19.4. The Morgan fingerprint density at radius 1 is 1.14 bits per heavy atom. The molecule has 37 heavy (non-hydrogen) atoms. The van der Waals surface area contributed by atoms with Gasteiger partial charge in [-0.2, -0.15) is 18.4 Å². The topological polar surface area (TPSA) is 125 Å². The van der Waals surface area contributed by atoms with Crippen molar-refractivity contribution >= 4 is 33.3 Å². The molecule has 0 spiro atoms. The average Bonchev–Trinajstić information content (AvgIpc) is 3.18. The van der Waals surface area contributed by atoms with Crippen LogP contribution in [0.3, 0.4) is 0 Å². The number of urea groups is 1. The number of alkyl halides is 3. The smallest absolute Gasteiger partial charge is 0.336 e. The summed E-state index contributed by atoms with van der Waals surface area (Å²) in [6, 6.07) is 6.64. The van der Waals surface area contributed by atoms with Crippen molar-refractivity contribution in [1.29, 1.82) is 5.26 Å². The van der Waals surface area contributed by atoms with Crippen LogP contribution in [-0.2, 0) is 30.4 Å². The van der Waals surface area contributed by atoms with Crippen molar-refractivity contribution in [2.24, 2.45) is 0 Å². The van der Waals surface area contributed by atoms with E-state index >= 15 is 0 Å². The van der Waals surface area contributed by atoms with E-state index in [2.05, 4.69) is 0 Å². The van der Waals surface area contributed by atoms with E-state index in [1.807, 2.05) is 6.07 Å². The van der Waals surface area contributed by atoms with Gasteiger partial charge in [0.1, 0.15) is 6.04 Å². The highest BCUT2D eigenvalue weighted by Gasteiger charge is 2.49. The number of sulfone groups is 1. The van der Waals surface area contributed by atoms with Crippen molar-refractivity contribution in [1.82, 2.24) is 5.06 Å². The highest BCUT2D eigenvalue weighted by Crippen LogP contribution is 2.47. The maximum Gasteiger partial charge on any atom is 0.416 e. The molecule has 1 atom stereocenters. The van der Waals surface area contributed by atoms with Gasteiger partial charge in [0.2, 0.25) is 0 Å². The normalized spacial score (nSPS) is 18.1. The highest BCUT2D eigenvalue weighted by atomic mass is 32.2. The molecule has 0 N–H and O–H groups in total. The average molecular weight is 533 g/mol. The van der Waals surface area contributed by atoms with Crippen LogP contribution in [0, 0.1) is 11.3 Å². The van der Waals surface area contributed by atoms with Crippen molar-refractivity contribution in [3.63, 3.8) is 0 Å². The molecule has 13 heteroatoms. The summed E-state index contributed by atoms with van der Waals surface area (Å²) in [7, 11) is -4.02. The predicted molar refractivity (Wildman–Crippen MR) is 121 cm³/mol. The van der Waals surface area contributed by atoms with Gasteiger partial charge in [-0.3, -0.25) is 14.5 Å². The van der Waals surface area contributed by atoms with Crippen LogP contribution < -0.4 is 4.90 Å². The number of carbonyl (C=O) groups is 3. The summed E-state index contributed by atoms with van der Waals surface area (Å²) in [5.41, 5.74) is -1.43. The number of carbonyl (C=O) groups excluding carboxylic acids is 3. The lowest BCUT2D eigenvalue weighted by atomic mass is 9.93. The van der Waals surface area contributed by atoms with Crippen LogP contribution in [0.15, 0.2) is 58.6 Å². The summed E-state index contributed by atoms with van der Waals surface area (Å²) in [6.45, 7) is 0.968. The number of Topliss-reactive ketones (excluding diaryl/α,β-unsaturated/α-hetero) is 1. The Morgan fingerprint density at radius 2 is 1.84 bits per heavy atom. The van der Waals surface area contributed by atoms with E-state index in [0.29, 0.717) is 5.06 Å². The molecule has 0 fully saturated rings. The van der Waals surface area contributed by atoms with Gasteiger partial charge in [-0.15, -0.1) is 5.06 Å². The molecule has 0 bridgehead atoms. The zero-order chi connectivity index (χ0) is 27.3. The summed E-state index contributed by atoms with van der Waals surface area (Å²) in [6.07, 6.45) is -3.98. The van der Waals surface area contributed by atoms with E-state index in [1.54, 1.807) is 0 Å². The molecular weight excluding hydrogens is 515 g/mol. The van der Waals surface area contributed by atoms with Crippen LogP contribution in [0.4, 0.5) is 23.7 Å². The Hall–Kier alpha value is -4.18. The second-order valence-electron chi connectivity index (χ2n) is 8.40. The van der Waals surface area contributed by atoms with Crippen molar-refractivity contribution < 1.29 is 40.8 Å². The third-order valence-corrected chi connectivity index (χ3v) is 7.01. The number of hydrogen-bond donors (Lipinski definition) is 0. The minimum Gasteiger partial charge on any atom is -0.336 e. The number of hydrogen-bond acceptors (Lipinski definition) is 7. The first kappa shape index (κ1) is 25.9. The number of nitrogens with zero attached hydrogens (tertiary/aromatic N) is 3. The second kappa shape index (κ2) is 9.04. The lowest BCUT2D eigenvalue weighted by Crippen LogP contribution is -2.50. The fourth-order valence-electron chi connectivity index (χ4n) is 4.40. The SMILES string of the molecule is CC(=O)ON1C(=O)N(c2cccc(C(F)(F)F)c2)C2=C(C(=O)CC2)C1c1ccc(C#N)cc1S(C)(=O)=O. The molecule has 9 nitrogen and oxygen atoms in total. The standard InChI is InChI=1S/C24H18F3N3O6S/c1-13(31)36-30-22(17-7-6-14(12-28)10-20(17)37(2,34)35)21-18(8-9-19(21)32)29(23(30)33)16-5-3-4-15(11-16)24(25,26)27/h3-7,10-11,22H,8-9H2,1-2H3. The van der Waals surface area contributed by atoms with Gasteiger partial charge in [-0.25, -0.2) is 13.2 Å². The molecule has 192 valence electrons. The molecule has 2 amide bonds. The number of amides is 2. The van der Waals surface area contributed by atoms with Crippen LogP contribution in [0.1, 0.15) is 42.5 Å². The molecule has 0 saturated carbocycles. The number of anilines is 1. The van der Waals surface area contributed by atoms with E-state index in [1.165, 1.54) is 18.2 Å². The van der Waals surface area contributed by atoms with Gasteiger partial charge in [0.15, 0.2) is 15.6 Å². The van der Waals surface area contributed by atoms with Crippen LogP contribution in [0.5, 0.6) is 0 Å². The first-order valence-corrected chi connectivity index (χ1v) is 12.6. The molecule has 1 heterocycles. The Labute approximate surface area is 209 Å². The fourth-order valence-corrected chi connectivity index (χ4v) is 5.35. The van der Waals surface area contributed by atoms with Gasteiger partial charge >= 0.3 is 18.2 Å². The number of nitriles is 1. The van der Waals surface area contributed by atoms with E-state index in [-0.39, 0.29) is 45.8 Å². The lowest BCUT2D eigenvalue weighted by Gasteiger charge is -2.40. The van der Waals surface area contributed by atoms with Crippen LogP contribution in [0.2, 0.25) is 0 Å². The van der Waals surface area contributed by atoms with Crippen molar-refractivity contribution in [3.8, 4) is 6.07 Å². The molecule has 1 unspecified atom stereocenters. The number of allylic oxidation sites excluding steroid dienone is 1. The predicted octanol–water partition coefficient (Wildman–Crippen LogP) is 4.06. The molecule has 0 radical (unpaired) electrons. The minimum absolute atomic E-state index is 0.0112. The molecule has 1 aliphatic heterocycles. The lowest BCUT2D eigenvalue weighted by molar-refractivity contribution is -0.180. The Balaban J connectivity index is 2.01. The van der Waals surface area contributed by atoms with E-state index < -0.39 is 45.4 Å². The maximum atomic E-state index is 13.7. The van der Waals surface area contributed by atoms with E-state index in [9.17, 15) is 41.2 Å². The van der Waals surface area contributed by atoms with Gasteiger partial charge in [0.25, 0.3) is 0 Å². The summed E-state index contributed by atoms with van der Waals surface area (Å²) < 4.78 is 65.4. The first-order valence-electron chi connectivity index (χ1n) is 10.7. The van der Waals surface area contributed by atoms with E-state index in [4.69, 9.17) is 4.84 Å². The van der Waals surface area contributed by atoms with Crippen LogP contribution in [-0.4, -0.2) is 37.5 Å². The highest BCUT2D eigenvalue weighted by molar-refractivity contribution is 7.90. The summed E-state index contributed by atoms with van der Waals surface area (Å²) in [5, 5.41) is 9.73. The Morgan fingerprint density at radius 3 is 2.43 bits per heavy atom. The third-order valence-electron chi connectivity index (χ3n) is 5.85. The number of hydroxylamine groups is 2. The molecule has 0 aromatic heterocycles. The monoisotopic (exact) mass is 533 g/mol. The van der Waals surface area contributed by atoms with Crippen molar-refractivity contribution in [3.05, 3.63) is 70.4 Å². The molecule has 0 saturated heterocycles. The third kappa shape index (κ3) is 4.67. The molecule has 2 aromatic carbocycles. The van der Waals surface area contributed by atoms with Crippen LogP contribution >= 0.6 is 0 Å². The number of ketones is 1. The minimum atomic E-state index is -4.72. The Kier molecular flexibility index (Phi) is 6.33. The number of halogens is 3. The van der Waals surface area contributed by atoms with Crippen LogP contribution in [0.25, 0.3) is 0 Å². The summed E-state index contributed by atoms with van der Waals surface area (Å²) in [4.78, 5) is 44.4. The first-order chi connectivity index (χ1) is 17.2. The zero-order valence-corrected chi connectivity index (χ0v) is 20.2. The van der Waals surface area contributed by atoms with Crippen molar-refractivity contribution in [2.45, 2.75) is 36.9 Å². The quantitative estimate of drug-likeness (QED) is 0.580. The van der Waals surface area contributed by atoms with Gasteiger partial charge in [0, 0.05) is 36.4 Å². The van der Waals surface area contributed by atoms with Gasteiger partial charge < -0.3 is 4.84 Å². The molecule has 4 rings (SSSR count). The molecule has 2 aromatic rings. The largest absolute Gasteiger partial charge is 0.416 e. The van der Waals surface area contributed by atoms with E-state index in [0.717, 1.165) is 42.3 Å². The van der Waals surface area contributed by atoms with Crippen molar-refractivity contribution in [2.75, 3.05) is 11.2 Å². The maximum absolute atomic E-state index is 13.7. The molecular formula is C24H18F3N3O6S. The van der Waals surface area contributed by atoms with Gasteiger partial charge in [-0.05, 0) is 36.8 Å². The van der Waals surface area contributed by atoms with Gasteiger partial charge in [-0.1, -0.05) is 12.1 Å². The fraction of sp³-hybridized carbons (Fsp3) is 0.250. The molecule has 2 aliphatic rings. The number of benzene rings is 2. The summed E-state index contributed by atoms with van der Waals surface area (Å²) >= 11 is 0. The Bertz CT molecular complexity index is 1520. The molecule has 1 aliphatic carbocycles. The second-order valence-corrected chi connectivity index (χ2v) is 10.4. The summed E-state index contributed by atoms with van der Waals surface area (Å²) in [5.74, 6) is -1.50.